The summed E-state index contributed by atoms with van der Waals surface area (Å²) in [6.45, 7) is 2.31. The second kappa shape index (κ2) is 82.1. The minimum atomic E-state index is -4.95. The number of esters is 3. The van der Waals surface area contributed by atoms with Crippen LogP contribution >= 0.6 is 15.6 Å². The fourth-order valence-corrected chi connectivity index (χ4v) is 12.4. The number of allylic oxidation sites excluding steroid dienone is 30. The molecule has 5 atom stereocenters. The molecule has 0 fully saturated rings. The molecule has 0 saturated heterocycles. The van der Waals surface area contributed by atoms with Crippen molar-refractivity contribution in [3.05, 3.63) is 182 Å². The van der Waals surface area contributed by atoms with E-state index in [2.05, 4.69) is 203 Å². The molecule has 0 aromatic heterocycles. The lowest BCUT2D eigenvalue weighted by molar-refractivity contribution is -0.161. The van der Waals surface area contributed by atoms with E-state index in [-0.39, 0.29) is 19.3 Å². The molecule has 0 aliphatic carbocycles. The van der Waals surface area contributed by atoms with Crippen LogP contribution in [0.5, 0.6) is 0 Å². The highest BCUT2D eigenvalue weighted by molar-refractivity contribution is 7.47. The van der Waals surface area contributed by atoms with Gasteiger partial charge >= 0.3 is 33.6 Å². The molecule has 0 saturated carbocycles. The zero-order chi connectivity index (χ0) is 79.4. The summed E-state index contributed by atoms with van der Waals surface area (Å²) in [5, 5.41) is 20.7. The Morgan fingerprint density at radius 3 is 0.725 bits per heavy atom. The number of hydrogen-bond acceptors (Lipinski definition) is 14. The summed E-state index contributed by atoms with van der Waals surface area (Å²) in [5.41, 5.74) is 0. The zero-order valence-corrected chi connectivity index (χ0v) is 69.7. The monoisotopic (exact) mass is 1560 g/mol. The molecule has 0 rings (SSSR count). The summed E-state index contributed by atoms with van der Waals surface area (Å²) >= 11 is 0. The van der Waals surface area contributed by atoms with E-state index in [0.717, 1.165) is 193 Å². The van der Waals surface area contributed by atoms with Gasteiger partial charge in [0.25, 0.3) is 0 Å². The number of unbranched alkanes of at least 4 members (excludes halogenated alkanes) is 25. The Morgan fingerprint density at radius 1 is 0.257 bits per heavy atom. The third-order valence-corrected chi connectivity index (χ3v) is 19.0. The molecule has 0 aliphatic rings. The highest BCUT2D eigenvalue weighted by Crippen LogP contribution is 2.45. The maximum absolute atomic E-state index is 13.0. The van der Waals surface area contributed by atoms with Gasteiger partial charge in [-0.3, -0.25) is 32.5 Å². The van der Waals surface area contributed by atoms with E-state index in [1.54, 1.807) is 0 Å². The van der Waals surface area contributed by atoms with E-state index < -0.39 is 91.5 Å². The van der Waals surface area contributed by atoms with Gasteiger partial charge < -0.3 is 34.2 Å². The van der Waals surface area contributed by atoms with E-state index in [1.807, 2.05) is 0 Å². The predicted octanol–water partition coefficient (Wildman–Crippen LogP) is 25.3. The van der Waals surface area contributed by atoms with Crippen LogP contribution in [0.4, 0.5) is 0 Å². The summed E-state index contributed by atoms with van der Waals surface area (Å²) < 4.78 is 61.2. The van der Waals surface area contributed by atoms with Gasteiger partial charge in [0.1, 0.15) is 25.4 Å². The number of aliphatic hydroxyl groups excluding tert-OH is 2. The Balaban J connectivity index is 4.57. The standard InChI is InChI=1S/C91H150O16P2/c1-4-7-10-13-16-19-22-25-28-30-32-34-36-38-40-42-44-46-48-50-52-54-57-59-62-65-68-71-74-77-89(94)101-80-86(92)81-103-108(97,98)104-82-87(93)83-105-109(99,100)106-85-88(107-91(96)79-76-73-70-67-64-61-56-27-24-21-18-15-12-9-6-3)84-102-90(95)78-75-72-69-66-63-60-58-55-53-51-49-47-45-43-41-39-37-35-33-31-29-26-23-20-17-14-11-8-5-2/h7-12,16-21,25-29,32-35,38-41,44-47,56,86-88,92-93H,4-6,13-15,22-24,30-31,36-37,42-43,48-55,57-85H2,1-3H3,(H,97,98)(H,99,100)/b10-7-,11-8-,12-9-,19-16-,20-17-,21-18-,28-25-,29-26-,34-32-,35-33-,40-38-,41-39-,46-44-,47-45-,56-27-. The Kier molecular flexibility index (Phi) is 78.1. The number of carbonyl (C=O) groups excluding carboxylic acids is 3. The van der Waals surface area contributed by atoms with E-state index in [9.17, 15) is 43.5 Å². The van der Waals surface area contributed by atoms with Gasteiger partial charge in [0.05, 0.1) is 26.4 Å². The van der Waals surface area contributed by atoms with Gasteiger partial charge in [-0.15, -0.1) is 0 Å². The molecule has 4 N–H and O–H groups in total. The van der Waals surface area contributed by atoms with Crippen molar-refractivity contribution in [3.8, 4) is 0 Å². The number of phosphoric ester groups is 2. The number of carbonyl (C=O) groups is 3. The van der Waals surface area contributed by atoms with Gasteiger partial charge in [-0.1, -0.05) is 325 Å². The van der Waals surface area contributed by atoms with E-state index in [4.69, 9.17) is 32.3 Å². The summed E-state index contributed by atoms with van der Waals surface area (Å²) in [5.74, 6) is -1.61. The van der Waals surface area contributed by atoms with Crippen LogP contribution in [0, 0.1) is 0 Å². The molecule has 0 aliphatic heterocycles. The Morgan fingerprint density at radius 2 is 0.459 bits per heavy atom. The summed E-state index contributed by atoms with van der Waals surface area (Å²) in [4.78, 5) is 58.8. The second-order valence-corrected chi connectivity index (χ2v) is 30.4. The molecule has 5 unspecified atom stereocenters. The summed E-state index contributed by atoms with van der Waals surface area (Å²) in [6.07, 6.45) is 107. The number of ether oxygens (including phenoxy) is 3. The van der Waals surface area contributed by atoms with Crippen LogP contribution < -0.4 is 0 Å². The third-order valence-electron chi connectivity index (χ3n) is 17.1. The highest BCUT2D eigenvalue weighted by atomic mass is 31.2. The second-order valence-electron chi connectivity index (χ2n) is 27.5. The van der Waals surface area contributed by atoms with Crippen LogP contribution in [0.3, 0.4) is 0 Å². The molecule has 0 spiro atoms. The lowest BCUT2D eigenvalue weighted by Gasteiger charge is -2.21. The van der Waals surface area contributed by atoms with Crippen molar-refractivity contribution in [1.29, 1.82) is 0 Å². The van der Waals surface area contributed by atoms with E-state index >= 15 is 0 Å². The molecule has 0 heterocycles. The van der Waals surface area contributed by atoms with Crippen LogP contribution in [0.15, 0.2) is 182 Å². The minimum Gasteiger partial charge on any atom is -0.463 e. The maximum Gasteiger partial charge on any atom is 0.472 e. The molecule has 0 aromatic rings. The molecule has 0 bridgehead atoms. The van der Waals surface area contributed by atoms with Gasteiger partial charge in [-0.05, 0) is 154 Å². The number of rotatable bonds is 78. The van der Waals surface area contributed by atoms with Crippen molar-refractivity contribution in [2.45, 2.75) is 334 Å². The number of hydrogen-bond donors (Lipinski definition) is 4. The van der Waals surface area contributed by atoms with Crippen molar-refractivity contribution in [2.75, 3.05) is 39.6 Å². The fraction of sp³-hybridized carbons (Fsp3) is 0.637. The van der Waals surface area contributed by atoms with Crippen molar-refractivity contribution >= 4 is 33.6 Å². The third kappa shape index (κ3) is 83.4. The minimum absolute atomic E-state index is 0.0787. The zero-order valence-electron chi connectivity index (χ0n) is 67.9. The van der Waals surface area contributed by atoms with E-state index in [1.165, 1.54) is 64.2 Å². The topological polar surface area (TPSA) is 231 Å². The van der Waals surface area contributed by atoms with Crippen molar-refractivity contribution < 1.29 is 75.8 Å². The molecular formula is C91H150O16P2. The first-order valence-electron chi connectivity index (χ1n) is 42.1. The van der Waals surface area contributed by atoms with Gasteiger partial charge in [-0.2, -0.15) is 0 Å². The average molecular weight is 1560 g/mol. The highest BCUT2D eigenvalue weighted by Gasteiger charge is 2.29. The molecule has 16 nitrogen and oxygen atoms in total. The molecule has 18 heteroatoms. The van der Waals surface area contributed by atoms with Crippen molar-refractivity contribution in [3.63, 3.8) is 0 Å². The smallest absolute Gasteiger partial charge is 0.463 e. The first-order chi connectivity index (χ1) is 53.2. The largest absolute Gasteiger partial charge is 0.472 e. The Bertz CT molecular complexity index is 2710. The van der Waals surface area contributed by atoms with E-state index in [0.29, 0.717) is 19.3 Å². The SMILES string of the molecule is CC/C=C\C/C=C\C/C=C\C/C=C\C/C=C\C/C=C\CCCCCCCCCCCCC(=O)OCC(O)COP(=O)(O)OCC(O)COP(=O)(O)OCC(COC(=O)CCCCCCCCCCCC/C=C\C/C=C\C/C=C\C/C=C\C/C=C\C/C=C\CC)OC(=O)CCCCCCC/C=C\C/C=C\C/C=C\CC. The molecule has 0 amide bonds. The van der Waals surface area contributed by atoms with Crippen molar-refractivity contribution in [2.24, 2.45) is 0 Å². The van der Waals surface area contributed by atoms with Crippen LogP contribution in [0.25, 0.3) is 0 Å². The number of aliphatic hydroxyl groups is 2. The average Bonchev–Trinajstić information content (AvgIpc) is 0.903. The van der Waals surface area contributed by atoms with Crippen molar-refractivity contribution in [1.82, 2.24) is 0 Å². The normalized spacial score (nSPS) is 14.8. The lowest BCUT2D eigenvalue weighted by Crippen LogP contribution is -2.30. The lowest BCUT2D eigenvalue weighted by atomic mass is 10.1. The van der Waals surface area contributed by atoms with Gasteiger partial charge in [0.2, 0.25) is 0 Å². The van der Waals surface area contributed by atoms with Crippen LogP contribution in [-0.4, -0.2) is 95.9 Å². The van der Waals surface area contributed by atoms with Crippen LogP contribution in [-0.2, 0) is 55.8 Å². The first-order valence-corrected chi connectivity index (χ1v) is 45.1. The summed E-state index contributed by atoms with van der Waals surface area (Å²) in [7, 11) is -9.81. The Labute approximate surface area is 662 Å². The summed E-state index contributed by atoms with van der Waals surface area (Å²) in [6, 6.07) is 0. The van der Waals surface area contributed by atoms with Gasteiger partial charge in [-0.25, -0.2) is 9.13 Å². The predicted molar refractivity (Wildman–Crippen MR) is 454 cm³/mol. The van der Waals surface area contributed by atoms with Crippen LogP contribution in [0.1, 0.15) is 316 Å². The van der Waals surface area contributed by atoms with Crippen LogP contribution in [0.2, 0.25) is 0 Å². The maximum atomic E-state index is 13.0. The number of phosphoric acid groups is 2. The molecule has 0 aromatic carbocycles. The molecule has 0 radical (unpaired) electrons. The molecule has 620 valence electrons. The molecular weight excluding hydrogens is 1410 g/mol. The van der Waals surface area contributed by atoms with Gasteiger partial charge in [0, 0.05) is 19.3 Å². The Hall–Kier alpha value is -5.35. The quantitative estimate of drug-likeness (QED) is 0.0146. The fourth-order valence-electron chi connectivity index (χ4n) is 10.8. The van der Waals surface area contributed by atoms with Gasteiger partial charge in [0.15, 0.2) is 6.10 Å². The molecule has 109 heavy (non-hydrogen) atoms. The first kappa shape index (κ1) is 104.